The number of hydrogen-bond donors (Lipinski definition) is 1. The van der Waals surface area contributed by atoms with Crippen LogP contribution in [-0.2, 0) is 4.74 Å². The Kier molecular flexibility index (Phi) is 4.39. The Morgan fingerprint density at radius 1 is 1.29 bits per heavy atom. The van der Waals surface area contributed by atoms with Crippen LogP contribution in [0.4, 0.5) is 0 Å². The van der Waals surface area contributed by atoms with Gasteiger partial charge in [0.25, 0.3) is 0 Å². The molecule has 14 heavy (non-hydrogen) atoms. The van der Waals surface area contributed by atoms with Crippen molar-refractivity contribution in [3.05, 3.63) is 0 Å². The second kappa shape index (κ2) is 5.13. The number of aliphatic hydroxyl groups is 1. The smallest absolute Gasteiger partial charge is 0.0934 e. The van der Waals surface area contributed by atoms with E-state index in [1.807, 2.05) is 6.92 Å². The summed E-state index contributed by atoms with van der Waals surface area (Å²) in [5.41, 5.74) is -0.280. The first kappa shape index (κ1) is 12.0. The summed E-state index contributed by atoms with van der Waals surface area (Å²) >= 11 is 0. The molecule has 0 spiro atoms. The number of aliphatic hydroxyl groups excluding tert-OH is 1. The predicted octanol–water partition coefficient (Wildman–Crippen LogP) is 2.74. The Labute approximate surface area is 87.7 Å². The molecule has 0 heterocycles. The molecule has 1 unspecified atom stereocenters. The van der Waals surface area contributed by atoms with E-state index >= 15 is 0 Å². The van der Waals surface area contributed by atoms with Crippen LogP contribution in [0.3, 0.4) is 0 Å². The fraction of sp³-hybridized carbons (Fsp3) is 1.00. The molecule has 0 aliphatic heterocycles. The predicted molar refractivity (Wildman–Crippen MR) is 58.3 cm³/mol. The molecule has 1 atom stereocenters. The molecular formula is C12H24O2. The second-order valence-electron chi connectivity index (χ2n) is 4.40. The fourth-order valence-corrected chi connectivity index (χ4v) is 2.19. The van der Waals surface area contributed by atoms with Gasteiger partial charge in [0.1, 0.15) is 0 Å². The first-order valence-corrected chi connectivity index (χ1v) is 6.00. The quantitative estimate of drug-likeness (QED) is 0.684. The summed E-state index contributed by atoms with van der Waals surface area (Å²) in [6.45, 7) is 6.91. The van der Waals surface area contributed by atoms with Crippen molar-refractivity contribution in [3.8, 4) is 0 Å². The van der Waals surface area contributed by atoms with Crippen LogP contribution in [0.15, 0.2) is 0 Å². The Morgan fingerprint density at radius 3 is 2.21 bits per heavy atom. The summed E-state index contributed by atoms with van der Waals surface area (Å²) < 4.78 is 5.77. The molecule has 0 bridgehead atoms. The number of rotatable bonds is 7. The molecule has 1 aliphatic rings. The molecule has 0 aromatic carbocycles. The summed E-state index contributed by atoms with van der Waals surface area (Å²) in [4.78, 5) is 0. The molecule has 1 N–H and O–H groups in total. The molecule has 1 rings (SSSR count). The van der Waals surface area contributed by atoms with E-state index in [0.29, 0.717) is 6.61 Å². The van der Waals surface area contributed by atoms with Gasteiger partial charge in [-0.25, -0.2) is 0 Å². The molecule has 84 valence electrons. The van der Waals surface area contributed by atoms with E-state index in [1.54, 1.807) is 0 Å². The molecule has 1 saturated carbocycles. The van der Waals surface area contributed by atoms with Crippen LogP contribution in [-0.4, -0.2) is 23.4 Å². The number of ether oxygens (including phenoxy) is 1. The highest BCUT2D eigenvalue weighted by atomic mass is 16.5. The summed E-state index contributed by atoms with van der Waals surface area (Å²) in [7, 11) is 0. The topological polar surface area (TPSA) is 29.5 Å². The third-order valence-corrected chi connectivity index (χ3v) is 3.49. The Balaban J connectivity index is 2.52. The summed E-state index contributed by atoms with van der Waals surface area (Å²) in [5, 5.41) is 10.2. The van der Waals surface area contributed by atoms with Gasteiger partial charge < -0.3 is 9.84 Å². The Morgan fingerprint density at radius 2 is 1.86 bits per heavy atom. The molecule has 0 aromatic heterocycles. The molecular weight excluding hydrogens is 176 g/mol. The monoisotopic (exact) mass is 200 g/mol. The van der Waals surface area contributed by atoms with Gasteiger partial charge in [0.15, 0.2) is 0 Å². The number of hydrogen-bond acceptors (Lipinski definition) is 2. The zero-order chi connectivity index (χ0) is 10.6. The van der Waals surface area contributed by atoms with Crippen molar-refractivity contribution in [2.75, 3.05) is 6.61 Å². The van der Waals surface area contributed by atoms with Crippen molar-refractivity contribution in [2.24, 2.45) is 5.92 Å². The largest absolute Gasteiger partial charge is 0.390 e. The average molecular weight is 200 g/mol. The van der Waals surface area contributed by atoms with Crippen LogP contribution in [0.1, 0.15) is 52.9 Å². The van der Waals surface area contributed by atoms with Gasteiger partial charge in [-0.3, -0.25) is 0 Å². The van der Waals surface area contributed by atoms with Gasteiger partial charge in [-0.05, 0) is 32.1 Å². The first-order chi connectivity index (χ1) is 6.68. The van der Waals surface area contributed by atoms with Crippen molar-refractivity contribution in [2.45, 2.75) is 64.6 Å². The van der Waals surface area contributed by atoms with Crippen LogP contribution in [0, 0.1) is 5.92 Å². The molecule has 0 aromatic rings. The summed E-state index contributed by atoms with van der Waals surface area (Å²) in [6, 6.07) is 0. The van der Waals surface area contributed by atoms with E-state index in [9.17, 15) is 5.11 Å². The molecule has 1 fully saturated rings. The van der Waals surface area contributed by atoms with Gasteiger partial charge in [0.05, 0.1) is 11.7 Å². The minimum atomic E-state index is -0.280. The molecule has 2 nitrogen and oxygen atoms in total. The molecule has 0 amide bonds. The minimum absolute atomic E-state index is 0.273. The fourth-order valence-electron chi connectivity index (χ4n) is 2.19. The maximum absolute atomic E-state index is 10.2. The van der Waals surface area contributed by atoms with Crippen LogP contribution >= 0.6 is 0 Å². The lowest BCUT2D eigenvalue weighted by atomic mass is 9.87. The summed E-state index contributed by atoms with van der Waals surface area (Å²) in [6.07, 6.45) is 5.07. The van der Waals surface area contributed by atoms with Crippen molar-refractivity contribution in [1.29, 1.82) is 0 Å². The van der Waals surface area contributed by atoms with Crippen molar-refractivity contribution >= 4 is 0 Å². The minimum Gasteiger partial charge on any atom is -0.390 e. The average Bonchev–Trinajstić information content (AvgIpc) is 2.98. The Hall–Kier alpha value is -0.0800. The van der Waals surface area contributed by atoms with Crippen LogP contribution in [0.5, 0.6) is 0 Å². The van der Waals surface area contributed by atoms with Gasteiger partial charge in [-0.2, -0.15) is 0 Å². The molecule has 2 heteroatoms. The van der Waals surface area contributed by atoms with Gasteiger partial charge in [0, 0.05) is 6.61 Å². The van der Waals surface area contributed by atoms with E-state index in [0.717, 1.165) is 25.2 Å². The zero-order valence-corrected chi connectivity index (χ0v) is 9.75. The van der Waals surface area contributed by atoms with Crippen LogP contribution < -0.4 is 0 Å². The lowest BCUT2D eigenvalue weighted by Gasteiger charge is -2.36. The maximum Gasteiger partial charge on any atom is 0.0934 e. The zero-order valence-electron chi connectivity index (χ0n) is 9.75. The van der Waals surface area contributed by atoms with Gasteiger partial charge >= 0.3 is 0 Å². The van der Waals surface area contributed by atoms with E-state index in [4.69, 9.17) is 4.74 Å². The van der Waals surface area contributed by atoms with Crippen LogP contribution in [0.2, 0.25) is 0 Å². The SMILES string of the molecule is CCOC(CC)(CC)C(O)CC1CC1. The molecule has 0 radical (unpaired) electrons. The highest BCUT2D eigenvalue weighted by Gasteiger charge is 2.38. The lowest BCUT2D eigenvalue weighted by Crippen LogP contribution is -2.44. The normalized spacial score (nSPS) is 19.7. The standard InChI is InChI=1S/C12H24O2/c1-4-12(5-2,14-6-3)11(13)9-10-7-8-10/h10-11,13H,4-9H2,1-3H3. The maximum atomic E-state index is 10.2. The highest BCUT2D eigenvalue weighted by molar-refractivity contribution is 4.90. The first-order valence-electron chi connectivity index (χ1n) is 6.00. The van der Waals surface area contributed by atoms with Gasteiger partial charge in [0.2, 0.25) is 0 Å². The van der Waals surface area contributed by atoms with E-state index < -0.39 is 0 Å². The van der Waals surface area contributed by atoms with E-state index in [1.165, 1.54) is 12.8 Å². The second-order valence-corrected chi connectivity index (χ2v) is 4.40. The van der Waals surface area contributed by atoms with Crippen molar-refractivity contribution < 1.29 is 9.84 Å². The molecule has 1 aliphatic carbocycles. The lowest BCUT2D eigenvalue weighted by molar-refractivity contribution is -0.128. The highest BCUT2D eigenvalue weighted by Crippen LogP contribution is 2.38. The van der Waals surface area contributed by atoms with Crippen molar-refractivity contribution in [3.63, 3.8) is 0 Å². The summed E-state index contributed by atoms with van der Waals surface area (Å²) in [5.74, 6) is 0.767. The van der Waals surface area contributed by atoms with E-state index in [-0.39, 0.29) is 11.7 Å². The third kappa shape index (κ3) is 2.71. The Bertz CT molecular complexity index is 160. The van der Waals surface area contributed by atoms with Crippen LogP contribution in [0.25, 0.3) is 0 Å². The molecule has 0 saturated heterocycles. The van der Waals surface area contributed by atoms with Crippen molar-refractivity contribution in [1.82, 2.24) is 0 Å². The van der Waals surface area contributed by atoms with Gasteiger partial charge in [-0.1, -0.05) is 26.7 Å². The third-order valence-electron chi connectivity index (χ3n) is 3.49. The van der Waals surface area contributed by atoms with Gasteiger partial charge in [-0.15, -0.1) is 0 Å². The van der Waals surface area contributed by atoms with E-state index in [2.05, 4.69) is 13.8 Å².